The zero-order chi connectivity index (χ0) is 18.8. The molecule has 1 aromatic heterocycles. The molecule has 0 saturated carbocycles. The van der Waals surface area contributed by atoms with Gasteiger partial charge < -0.3 is 5.32 Å². The van der Waals surface area contributed by atoms with Gasteiger partial charge in [0.1, 0.15) is 6.54 Å². The second kappa shape index (κ2) is 7.35. The predicted molar refractivity (Wildman–Crippen MR) is 106 cm³/mol. The number of carbonyl (C=O) groups is 1. The van der Waals surface area contributed by atoms with Crippen LogP contribution < -0.4 is 10.9 Å². The Morgan fingerprint density at radius 1 is 1.15 bits per heavy atom. The van der Waals surface area contributed by atoms with Crippen LogP contribution in [0.2, 0.25) is 0 Å². The second-order valence-electron chi connectivity index (χ2n) is 7.20. The van der Waals surface area contributed by atoms with Crippen LogP contribution in [-0.2, 0) is 24.2 Å². The fraction of sp³-hybridized carbons (Fsp3) is 0.318. The van der Waals surface area contributed by atoms with Crippen LogP contribution in [0.25, 0.3) is 11.0 Å². The Balaban J connectivity index is 1.51. The Morgan fingerprint density at radius 3 is 2.78 bits per heavy atom. The molecule has 0 bridgehead atoms. The number of hydrogen-bond donors (Lipinski definition) is 1. The van der Waals surface area contributed by atoms with Crippen molar-refractivity contribution in [2.75, 3.05) is 0 Å². The van der Waals surface area contributed by atoms with E-state index in [9.17, 15) is 9.59 Å². The molecule has 1 atom stereocenters. The van der Waals surface area contributed by atoms with E-state index in [4.69, 9.17) is 0 Å². The summed E-state index contributed by atoms with van der Waals surface area (Å²) in [6.07, 6.45) is 6.02. The number of amides is 1. The average molecular weight is 361 g/mol. The third-order valence-corrected chi connectivity index (χ3v) is 5.30. The Bertz CT molecular complexity index is 1050. The van der Waals surface area contributed by atoms with Crippen LogP contribution in [0.4, 0.5) is 0 Å². The van der Waals surface area contributed by atoms with E-state index in [0.29, 0.717) is 11.0 Å². The SMILES string of the molecule is CC(NC(=O)Cn1c(=O)cnc2ccccc21)c1ccc2c(c1)CCCC2. The smallest absolute Gasteiger partial charge is 0.269 e. The maximum Gasteiger partial charge on any atom is 0.269 e. The summed E-state index contributed by atoms with van der Waals surface area (Å²) in [5.74, 6) is -0.182. The first-order valence-corrected chi connectivity index (χ1v) is 9.47. The number of benzene rings is 2. The van der Waals surface area contributed by atoms with Gasteiger partial charge in [0.15, 0.2) is 0 Å². The minimum Gasteiger partial charge on any atom is -0.348 e. The van der Waals surface area contributed by atoms with E-state index in [1.807, 2.05) is 31.2 Å². The number of rotatable bonds is 4. The van der Waals surface area contributed by atoms with Crippen molar-refractivity contribution in [3.63, 3.8) is 0 Å². The Labute approximate surface area is 158 Å². The van der Waals surface area contributed by atoms with E-state index in [-0.39, 0.29) is 24.1 Å². The lowest BCUT2D eigenvalue weighted by Crippen LogP contribution is -2.34. The van der Waals surface area contributed by atoms with Gasteiger partial charge in [0.25, 0.3) is 5.56 Å². The molecular formula is C22H23N3O2. The lowest BCUT2D eigenvalue weighted by Gasteiger charge is -2.20. The fourth-order valence-corrected chi connectivity index (χ4v) is 3.81. The van der Waals surface area contributed by atoms with Gasteiger partial charge in [0, 0.05) is 0 Å². The monoisotopic (exact) mass is 361 g/mol. The van der Waals surface area contributed by atoms with Gasteiger partial charge >= 0.3 is 0 Å². The molecule has 5 heteroatoms. The quantitative estimate of drug-likeness (QED) is 0.776. The average Bonchev–Trinajstić information content (AvgIpc) is 2.69. The van der Waals surface area contributed by atoms with Crippen molar-refractivity contribution in [3.8, 4) is 0 Å². The second-order valence-corrected chi connectivity index (χ2v) is 7.20. The van der Waals surface area contributed by atoms with Crippen LogP contribution in [0.5, 0.6) is 0 Å². The number of carbonyl (C=O) groups excluding carboxylic acids is 1. The topological polar surface area (TPSA) is 64.0 Å². The highest BCUT2D eigenvalue weighted by Gasteiger charge is 2.15. The third-order valence-electron chi connectivity index (χ3n) is 5.30. The van der Waals surface area contributed by atoms with Crippen molar-refractivity contribution < 1.29 is 4.79 Å². The van der Waals surface area contributed by atoms with E-state index < -0.39 is 0 Å². The number of aromatic nitrogens is 2. The van der Waals surface area contributed by atoms with Crippen LogP contribution in [0.1, 0.15) is 42.5 Å². The summed E-state index contributed by atoms with van der Waals surface area (Å²) in [5.41, 5.74) is 5.03. The first kappa shape index (κ1) is 17.5. The lowest BCUT2D eigenvalue weighted by molar-refractivity contribution is -0.122. The van der Waals surface area contributed by atoms with Crippen molar-refractivity contribution in [2.45, 2.75) is 45.2 Å². The molecule has 27 heavy (non-hydrogen) atoms. The third kappa shape index (κ3) is 3.63. The molecule has 0 spiro atoms. The van der Waals surface area contributed by atoms with Crippen molar-refractivity contribution in [3.05, 3.63) is 75.7 Å². The van der Waals surface area contributed by atoms with Crippen LogP contribution >= 0.6 is 0 Å². The normalized spacial score (nSPS) is 14.6. The molecule has 0 radical (unpaired) electrons. The maximum absolute atomic E-state index is 12.6. The minimum absolute atomic E-state index is 0.0167. The van der Waals surface area contributed by atoms with Crippen LogP contribution in [-0.4, -0.2) is 15.5 Å². The van der Waals surface area contributed by atoms with Crippen LogP contribution in [0.3, 0.4) is 0 Å². The molecule has 0 fully saturated rings. The molecule has 0 aliphatic heterocycles. The van der Waals surface area contributed by atoms with Crippen molar-refractivity contribution in [1.82, 2.24) is 14.9 Å². The minimum atomic E-state index is -0.273. The molecule has 5 nitrogen and oxygen atoms in total. The van der Waals surface area contributed by atoms with E-state index in [1.54, 1.807) is 0 Å². The molecule has 2 aromatic carbocycles. The summed E-state index contributed by atoms with van der Waals surface area (Å²) in [5, 5.41) is 3.02. The molecule has 1 aliphatic rings. The molecule has 1 N–H and O–H groups in total. The van der Waals surface area contributed by atoms with E-state index in [2.05, 4.69) is 28.5 Å². The summed E-state index contributed by atoms with van der Waals surface area (Å²) in [6.45, 7) is 1.97. The molecule has 1 amide bonds. The van der Waals surface area contributed by atoms with Gasteiger partial charge in [0.2, 0.25) is 5.91 Å². The Morgan fingerprint density at radius 2 is 1.93 bits per heavy atom. The highest BCUT2D eigenvalue weighted by Crippen LogP contribution is 2.24. The van der Waals surface area contributed by atoms with Crippen molar-refractivity contribution in [2.24, 2.45) is 0 Å². The molecule has 4 rings (SSSR count). The summed E-state index contributed by atoms with van der Waals surface area (Å²) in [4.78, 5) is 28.9. The summed E-state index contributed by atoms with van der Waals surface area (Å²) in [7, 11) is 0. The van der Waals surface area contributed by atoms with Gasteiger partial charge in [0.05, 0.1) is 23.3 Å². The molecule has 1 aliphatic carbocycles. The first-order valence-electron chi connectivity index (χ1n) is 9.47. The van der Waals surface area contributed by atoms with Gasteiger partial charge in [-0.2, -0.15) is 0 Å². The van der Waals surface area contributed by atoms with Crippen LogP contribution in [0.15, 0.2) is 53.5 Å². The number of nitrogens with one attached hydrogen (secondary N) is 1. The number of aryl methyl sites for hydroxylation is 2. The number of hydrogen-bond acceptors (Lipinski definition) is 3. The number of para-hydroxylation sites is 2. The van der Waals surface area contributed by atoms with Crippen LogP contribution in [0, 0.1) is 0 Å². The Hall–Kier alpha value is -2.95. The molecule has 3 aromatic rings. The highest BCUT2D eigenvalue weighted by molar-refractivity contribution is 5.80. The molecule has 138 valence electrons. The molecular weight excluding hydrogens is 338 g/mol. The molecule has 1 heterocycles. The van der Waals surface area contributed by atoms with E-state index in [0.717, 1.165) is 18.4 Å². The standard InChI is InChI=1S/C22H23N3O2/c1-15(17-11-10-16-6-2-3-7-18(16)12-17)24-21(26)14-25-20-9-5-4-8-19(20)23-13-22(25)27/h4-5,8-13,15H,2-3,6-7,14H2,1H3,(H,24,26). The van der Waals surface area contributed by atoms with E-state index >= 15 is 0 Å². The predicted octanol–water partition coefficient (Wildman–Crippen LogP) is 3.15. The summed E-state index contributed by atoms with van der Waals surface area (Å²) in [6, 6.07) is 13.7. The number of nitrogens with zero attached hydrogens (tertiary/aromatic N) is 2. The van der Waals surface area contributed by atoms with Crippen molar-refractivity contribution in [1.29, 1.82) is 0 Å². The zero-order valence-corrected chi connectivity index (χ0v) is 15.4. The van der Waals surface area contributed by atoms with Gasteiger partial charge in [-0.1, -0.05) is 30.3 Å². The zero-order valence-electron chi connectivity index (χ0n) is 15.4. The van der Waals surface area contributed by atoms with Gasteiger partial charge in [-0.15, -0.1) is 0 Å². The summed E-state index contributed by atoms with van der Waals surface area (Å²) < 4.78 is 1.47. The van der Waals surface area contributed by atoms with Gasteiger partial charge in [-0.05, 0) is 61.4 Å². The van der Waals surface area contributed by atoms with Crippen molar-refractivity contribution >= 4 is 16.9 Å². The summed E-state index contributed by atoms with van der Waals surface area (Å²) >= 11 is 0. The highest BCUT2D eigenvalue weighted by atomic mass is 16.2. The van der Waals surface area contributed by atoms with Gasteiger partial charge in [-0.3, -0.25) is 14.2 Å². The maximum atomic E-state index is 12.6. The fourth-order valence-electron chi connectivity index (χ4n) is 3.81. The molecule has 1 unspecified atom stereocenters. The van der Waals surface area contributed by atoms with E-state index in [1.165, 1.54) is 34.7 Å². The largest absolute Gasteiger partial charge is 0.348 e. The lowest BCUT2D eigenvalue weighted by atomic mass is 9.89. The Kier molecular flexibility index (Phi) is 4.75. The van der Waals surface area contributed by atoms with Gasteiger partial charge in [-0.25, -0.2) is 4.98 Å². The molecule has 0 saturated heterocycles. The number of fused-ring (bicyclic) bond motifs is 2. The first-order chi connectivity index (χ1) is 13.1.